The van der Waals surface area contributed by atoms with Gasteiger partial charge in [-0.25, -0.2) is 9.13 Å². The van der Waals surface area contributed by atoms with Gasteiger partial charge < -0.3 is 33.8 Å². The van der Waals surface area contributed by atoms with E-state index in [9.17, 15) is 43.2 Å². The zero-order chi connectivity index (χ0) is 75.6. The lowest BCUT2D eigenvalue weighted by molar-refractivity contribution is -0.161. The van der Waals surface area contributed by atoms with Gasteiger partial charge in [-0.2, -0.15) is 0 Å². The van der Waals surface area contributed by atoms with Crippen LogP contribution >= 0.6 is 15.6 Å². The van der Waals surface area contributed by atoms with Crippen LogP contribution in [0.2, 0.25) is 0 Å². The fourth-order valence-electron chi connectivity index (χ4n) is 13.1. The van der Waals surface area contributed by atoms with Gasteiger partial charge in [-0.05, 0) is 37.5 Å². The maximum absolute atomic E-state index is 13.1. The third kappa shape index (κ3) is 78.0. The van der Waals surface area contributed by atoms with Crippen LogP contribution in [0.15, 0.2) is 0 Å². The quantitative estimate of drug-likeness (QED) is 0.0222. The van der Waals surface area contributed by atoms with Gasteiger partial charge in [0.25, 0.3) is 0 Å². The van der Waals surface area contributed by atoms with Crippen molar-refractivity contribution >= 4 is 39.5 Å². The molecule has 0 radical (unpaired) electrons. The first-order valence-electron chi connectivity index (χ1n) is 43.5. The molecule has 612 valence electrons. The summed E-state index contributed by atoms with van der Waals surface area (Å²) in [5.41, 5.74) is 0. The third-order valence-electron chi connectivity index (χ3n) is 19.7. The molecule has 0 bridgehead atoms. The molecule has 0 aliphatic carbocycles. The van der Waals surface area contributed by atoms with E-state index < -0.39 is 97.5 Å². The number of phosphoric ester groups is 2. The van der Waals surface area contributed by atoms with Crippen molar-refractivity contribution in [1.29, 1.82) is 0 Å². The largest absolute Gasteiger partial charge is 0.472 e. The van der Waals surface area contributed by atoms with Crippen LogP contribution in [0.25, 0.3) is 0 Å². The van der Waals surface area contributed by atoms with E-state index in [2.05, 4.69) is 41.5 Å². The highest BCUT2D eigenvalue weighted by Gasteiger charge is 2.30. The molecule has 0 aliphatic heterocycles. The summed E-state index contributed by atoms with van der Waals surface area (Å²) >= 11 is 0. The number of hydrogen-bond donors (Lipinski definition) is 3. The second-order valence-corrected chi connectivity index (χ2v) is 34.1. The van der Waals surface area contributed by atoms with Crippen LogP contribution in [0.4, 0.5) is 0 Å². The normalized spacial score (nSPS) is 13.9. The van der Waals surface area contributed by atoms with Crippen molar-refractivity contribution in [2.45, 2.75) is 464 Å². The predicted octanol–water partition coefficient (Wildman–Crippen LogP) is 25.5. The number of esters is 4. The molecule has 3 N–H and O–H groups in total. The third-order valence-corrected chi connectivity index (χ3v) is 21.6. The SMILES string of the molecule is CCCCCCCCCCCCCCCCCCCCCCC(=O)OC[C@H](COP(=O)(O)OC[C@@H](O)COP(=O)(O)OC[C@@H](COC(=O)CCCCCCCCCC(C)C)OC(=O)CCCCCCCCCCCCC(C)C)OC(=O)CCCCCCCCCCCCCCCCCCCCCC. The first-order chi connectivity index (χ1) is 49.9. The maximum Gasteiger partial charge on any atom is 0.472 e. The number of aliphatic hydroxyl groups is 1. The minimum Gasteiger partial charge on any atom is -0.462 e. The average Bonchev–Trinajstić information content (AvgIpc) is 0.982. The Labute approximate surface area is 632 Å². The van der Waals surface area contributed by atoms with Crippen LogP contribution in [0.5, 0.6) is 0 Å². The molecule has 0 saturated heterocycles. The molecule has 17 nitrogen and oxygen atoms in total. The number of phosphoric acid groups is 2. The Morgan fingerprint density at radius 2 is 0.447 bits per heavy atom. The van der Waals surface area contributed by atoms with Gasteiger partial charge in [0.15, 0.2) is 12.2 Å². The van der Waals surface area contributed by atoms with E-state index in [0.29, 0.717) is 31.6 Å². The molecule has 0 aliphatic rings. The topological polar surface area (TPSA) is 237 Å². The van der Waals surface area contributed by atoms with Crippen LogP contribution in [-0.2, 0) is 65.4 Å². The summed E-state index contributed by atoms with van der Waals surface area (Å²) in [5, 5.41) is 10.7. The van der Waals surface area contributed by atoms with Crippen molar-refractivity contribution in [1.82, 2.24) is 0 Å². The average molecular weight is 1510 g/mol. The zero-order valence-electron chi connectivity index (χ0n) is 67.6. The summed E-state index contributed by atoms with van der Waals surface area (Å²) in [6.45, 7) is 9.58. The van der Waals surface area contributed by atoms with E-state index in [1.54, 1.807) is 0 Å². The fraction of sp³-hybridized carbons (Fsp3) is 0.952. The van der Waals surface area contributed by atoms with Gasteiger partial charge in [0.05, 0.1) is 26.4 Å². The second kappa shape index (κ2) is 75.5. The van der Waals surface area contributed by atoms with Crippen molar-refractivity contribution in [2.24, 2.45) is 11.8 Å². The zero-order valence-corrected chi connectivity index (χ0v) is 69.4. The van der Waals surface area contributed by atoms with Crippen molar-refractivity contribution in [2.75, 3.05) is 39.6 Å². The Kier molecular flexibility index (Phi) is 74.1. The minimum absolute atomic E-state index is 0.105. The molecule has 103 heavy (non-hydrogen) atoms. The number of unbranched alkanes of at least 4 members (excludes halogenated alkanes) is 53. The highest BCUT2D eigenvalue weighted by atomic mass is 31.2. The smallest absolute Gasteiger partial charge is 0.462 e. The Bertz CT molecular complexity index is 1980. The lowest BCUT2D eigenvalue weighted by Gasteiger charge is -2.21. The molecule has 0 heterocycles. The van der Waals surface area contributed by atoms with Gasteiger partial charge >= 0.3 is 39.5 Å². The van der Waals surface area contributed by atoms with E-state index in [4.69, 9.17) is 37.0 Å². The van der Waals surface area contributed by atoms with E-state index in [1.165, 1.54) is 257 Å². The van der Waals surface area contributed by atoms with Crippen molar-refractivity contribution in [3.63, 3.8) is 0 Å². The Morgan fingerprint density at radius 1 is 0.262 bits per heavy atom. The van der Waals surface area contributed by atoms with Gasteiger partial charge in [-0.3, -0.25) is 37.3 Å². The van der Waals surface area contributed by atoms with E-state index in [-0.39, 0.29) is 25.7 Å². The lowest BCUT2D eigenvalue weighted by Crippen LogP contribution is -2.30. The van der Waals surface area contributed by atoms with Gasteiger partial charge in [-0.1, -0.05) is 395 Å². The monoisotopic (exact) mass is 1510 g/mol. The molecule has 0 fully saturated rings. The fourth-order valence-corrected chi connectivity index (χ4v) is 14.6. The number of aliphatic hydroxyl groups excluding tert-OH is 1. The van der Waals surface area contributed by atoms with Crippen LogP contribution in [-0.4, -0.2) is 96.7 Å². The molecular formula is C84H164O17P2. The molecular weight excluding hydrogens is 1340 g/mol. The summed E-state index contributed by atoms with van der Waals surface area (Å²) in [4.78, 5) is 73.1. The molecule has 0 aromatic carbocycles. The summed E-state index contributed by atoms with van der Waals surface area (Å²) in [6.07, 6.45) is 66.9. The Balaban J connectivity index is 5.21. The second-order valence-electron chi connectivity index (χ2n) is 31.2. The van der Waals surface area contributed by atoms with E-state index in [0.717, 1.165) is 102 Å². The molecule has 0 saturated carbocycles. The first-order valence-corrected chi connectivity index (χ1v) is 46.5. The van der Waals surface area contributed by atoms with Crippen molar-refractivity contribution in [3.05, 3.63) is 0 Å². The minimum atomic E-state index is -4.96. The molecule has 0 rings (SSSR count). The van der Waals surface area contributed by atoms with Gasteiger partial charge in [0, 0.05) is 25.7 Å². The number of carbonyl (C=O) groups excluding carboxylic acids is 4. The van der Waals surface area contributed by atoms with E-state index in [1.807, 2.05) is 0 Å². The lowest BCUT2D eigenvalue weighted by atomic mass is 10.0. The molecule has 0 amide bonds. The Morgan fingerprint density at radius 3 is 0.660 bits per heavy atom. The number of rotatable bonds is 83. The van der Waals surface area contributed by atoms with E-state index >= 15 is 0 Å². The maximum atomic E-state index is 13.1. The van der Waals surface area contributed by atoms with Gasteiger partial charge in [0.2, 0.25) is 0 Å². The standard InChI is InChI=1S/C84H164O17P2/c1-7-9-11-13-15-17-19-21-23-25-27-29-31-33-35-37-42-48-54-60-66-81(86)94-72-79(100-83(88)68-62-56-49-43-38-36-34-32-30-28-26-24-22-20-18-16-14-12-10-8-2)74-98-102(90,91)96-70-78(85)71-97-103(92,93)99-75-80(73-95-82(87)67-61-55-51-45-47-53-59-65-77(5)6)101-84(89)69-63-57-50-44-40-39-41-46-52-58-64-76(3)4/h76-80,85H,7-75H2,1-6H3,(H,90,91)(H,92,93)/t78-,79-,80-/m1/s1. The van der Waals surface area contributed by atoms with Gasteiger partial charge in [0.1, 0.15) is 19.3 Å². The summed E-state index contributed by atoms with van der Waals surface area (Å²) < 4.78 is 68.8. The molecule has 5 atom stereocenters. The highest BCUT2D eigenvalue weighted by Crippen LogP contribution is 2.45. The molecule has 0 aromatic heterocycles. The first kappa shape index (κ1) is 101. The predicted molar refractivity (Wildman–Crippen MR) is 423 cm³/mol. The number of carbonyl (C=O) groups is 4. The van der Waals surface area contributed by atoms with Crippen LogP contribution in [0.3, 0.4) is 0 Å². The van der Waals surface area contributed by atoms with Crippen LogP contribution in [0, 0.1) is 11.8 Å². The van der Waals surface area contributed by atoms with Crippen molar-refractivity contribution in [3.8, 4) is 0 Å². The number of ether oxygens (including phenoxy) is 4. The summed E-state index contributed by atoms with van der Waals surface area (Å²) in [6, 6.07) is 0. The van der Waals surface area contributed by atoms with Gasteiger partial charge in [-0.15, -0.1) is 0 Å². The summed E-state index contributed by atoms with van der Waals surface area (Å²) in [5.74, 6) is -0.651. The van der Waals surface area contributed by atoms with Crippen LogP contribution < -0.4 is 0 Å². The molecule has 19 heteroatoms. The van der Waals surface area contributed by atoms with Crippen molar-refractivity contribution < 1.29 is 80.2 Å². The summed E-state index contributed by atoms with van der Waals surface area (Å²) in [7, 11) is -9.92. The highest BCUT2D eigenvalue weighted by molar-refractivity contribution is 7.47. The molecule has 0 spiro atoms. The Hall–Kier alpha value is -1.94. The molecule has 0 aromatic rings. The van der Waals surface area contributed by atoms with Crippen LogP contribution in [0.1, 0.15) is 446 Å². The number of hydrogen-bond acceptors (Lipinski definition) is 15. The molecule has 2 unspecified atom stereocenters.